The van der Waals surface area contributed by atoms with E-state index < -0.39 is 25.2 Å². The summed E-state index contributed by atoms with van der Waals surface area (Å²) in [5.41, 5.74) is 5.67. The fraction of sp³-hybridized carbons (Fsp3) is 0.300. The lowest BCUT2D eigenvalue weighted by Gasteiger charge is -2.17. The molecule has 0 aliphatic carbocycles. The molecule has 1 aromatic carbocycles. The normalized spacial score (nSPS) is 14.0. The van der Waals surface area contributed by atoms with Crippen LogP contribution in [0, 0.1) is 0 Å². The molecule has 3 nitrogen and oxygen atoms in total. The molecular weight excluding hydrogens is 213 g/mol. The number of hydrogen-bond acceptors (Lipinski definition) is 2. The number of hydrogen-bond donors (Lipinski definition) is 2. The predicted molar refractivity (Wildman–Crippen MR) is 58.9 cm³/mol. The molecule has 0 saturated heterocycles. The number of amides is 1. The van der Waals surface area contributed by atoms with Crippen molar-refractivity contribution in [3.05, 3.63) is 35.9 Å². The summed E-state index contributed by atoms with van der Waals surface area (Å²) < 4.78 is 25.5. The van der Waals surface area contributed by atoms with Crippen molar-refractivity contribution in [2.75, 3.05) is 0 Å². The van der Waals surface area contributed by atoms with Crippen LogP contribution in [0.4, 0.5) is 8.63 Å². The van der Waals surface area contributed by atoms with Crippen molar-refractivity contribution in [2.45, 2.75) is 18.9 Å². The van der Waals surface area contributed by atoms with E-state index in [2.05, 4.69) is 5.32 Å². The lowest BCUT2D eigenvalue weighted by molar-refractivity contribution is -0.122. The van der Waals surface area contributed by atoms with Crippen molar-refractivity contribution in [3.63, 3.8) is 0 Å². The molecule has 86 valence electrons. The van der Waals surface area contributed by atoms with Gasteiger partial charge in [-0.15, -0.1) is 0 Å². The summed E-state index contributed by atoms with van der Waals surface area (Å²) in [6.07, 6.45) is 0. The molecule has 0 bridgehead atoms. The molecule has 1 aromatic rings. The van der Waals surface area contributed by atoms with Gasteiger partial charge in [-0.3, -0.25) is 13.4 Å². The number of carbonyl (C=O) groups is 1. The SMILES string of the molecule is CC(N)C(=O)N[C@H](B(F)F)c1ccccc1. The van der Waals surface area contributed by atoms with Crippen LogP contribution in [0.25, 0.3) is 0 Å². The highest BCUT2D eigenvalue weighted by atomic mass is 19.2. The van der Waals surface area contributed by atoms with Gasteiger partial charge in [0, 0.05) is 0 Å². The molecule has 0 aromatic heterocycles. The molecular formula is C10H13BF2N2O. The third kappa shape index (κ3) is 3.31. The Balaban J connectivity index is 2.81. The Hall–Kier alpha value is -1.43. The Bertz CT molecular complexity index is 346. The fourth-order valence-electron chi connectivity index (χ4n) is 1.24. The summed E-state index contributed by atoms with van der Waals surface area (Å²) in [4.78, 5) is 11.3. The van der Waals surface area contributed by atoms with Crippen molar-refractivity contribution >= 4 is 13.2 Å². The van der Waals surface area contributed by atoms with Crippen molar-refractivity contribution in [1.29, 1.82) is 0 Å². The molecule has 0 radical (unpaired) electrons. The third-order valence-electron chi connectivity index (χ3n) is 2.12. The van der Waals surface area contributed by atoms with E-state index in [9.17, 15) is 13.4 Å². The molecule has 2 atom stereocenters. The number of rotatable bonds is 4. The van der Waals surface area contributed by atoms with Crippen LogP contribution in [-0.4, -0.2) is 19.2 Å². The summed E-state index contributed by atoms with van der Waals surface area (Å²) in [6.45, 7) is 1.45. The van der Waals surface area contributed by atoms with Gasteiger partial charge in [0.1, 0.15) is 0 Å². The highest BCUT2D eigenvalue weighted by molar-refractivity contribution is 6.45. The molecule has 1 amide bonds. The summed E-state index contributed by atoms with van der Waals surface area (Å²) in [6, 6.07) is 7.28. The summed E-state index contributed by atoms with van der Waals surface area (Å²) in [5, 5.41) is 2.22. The molecule has 0 aliphatic rings. The number of benzene rings is 1. The minimum atomic E-state index is -2.66. The molecule has 0 spiro atoms. The number of halogens is 2. The zero-order valence-corrected chi connectivity index (χ0v) is 8.86. The molecule has 0 saturated carbocycles. The van der Waals surface area contributed by atoms with E-state index >= 15 is 0 Å². The van der Waals surface area contributed by atoms with Gasteiger partial charge in [-0.2, -0.15) is 0 Å². The maximum absolute atomic E-state index is 12.8. The second-order valence-corrected chi connectivity index (χ2v) is 3.52. The Morgan fingerprint density at radius 3 is 2.38 bits per heavy atom. The predicted octanol–water partition coefficient (Wildman–Crippen LogP) is 1.16. The lowest BCUT2D eigenvalue weighted by Crippen LogP contribution is -2.43. The maximum atomic E-state index is 12.8. The van der Waals surface area contributed by atoms with Crippen molar-refractivity contribution in [1.82, 2.24) is 5.32 Å². The average Bonchev–Trinajstić information content (AvgIpc) is 2.26. The van der Waals surface area contributed by atoms with Gasteiger partial charge in [0.15, 0.2) is 0 Å². The monoisotopic (exact) mass is 226 g/mol. The van der Waals surface area contributed by atoms with E-state index in [-0.39, 0.29) is 0 Å². The van der Waals surface area contributed by atoms with Gasteiger partial charge in [0.25, 0.3) is 0 Å². The zero-order valence-electron chi connectivity index (χ0n) is 8.86. The summed E-state index contributed by atoms with van der Waals surface area (Å²) in [7, 11) is -2.66. The largest absolute Gasteiger partial charge is 0.564 e. The van der Waals surface area contributed by atoms with E-state index in [1.165, 1.54) is 19.1 Å². The average molecular weight is 226 g/mol. The molecule has 6 heteroatoms. The zero-order chi connectivity index (χ0) is 12.1. The van der Waals surface area contributed by atoms with Crippen LogP contribution in [0.3, 0.4) is 0 Å². The van der Waals surface area contributed by atoms with Crippen LogP contribution < -0.4 is 11.1 Å². The summed E-state index contributed by atoms with van der Waals surface area (Å²) >= 11 is 0. The van der Waals surface area contributed by atoms with E-state index in [4.69, 9.17) is 5.73 Å². The van der Waals surface area contributed by atoms with Crippen LogP contribution in [-0.2, 0) is 4.79 Å². The molecule has 0 aliphatic heterocycles. The van der Waals surface area contributed by atoms with Gasteiger partial charge in [-0.05, 0) is 12.5 Å². The first-order valence-electron chi connectivity index (χ1n) is 4.91. The molecule has 3 N–H and O–H groups in total. The van der Waals surface area contributed by atoms with Gasteiger partial charge < -0.3 is 11.1 Å². The lowest BCUT2D eigenvalue weighted by atomic mass is 9.80. The first-order chi connectivity index (χ1) is 7.52. The molecule has 0 fully saturated rings. The second-order valence-electron chi connectivity index (χ2n) is 3.52. The van der Waals surface area contributed by atoms with Crippen molar-refractivity contribution in [3.8, 4) is 0 Å². The highest BCUT2D eigenvalue weighted by Gasteiger charge is 2.31. The van der Waals surface area contributed by atoms with Gasteiger partial charge in [-0.25, -0.2) is 0 Å². The number of nitrogens with two attached hydrogens (primary N) is 1. The molecule has 0 heterocycles. The minimum absolute atomic E-state index is 0.367. The van der Waals surface area contributed by atoms with Gasteiger partial charge >= 0.3 is 7.27 Å². The van der Waals surface area contributed by atoms with Gasteiger partial charge in [0.2, 0.25) is 5.91 Å². The topological polar surface area (TPSA) is 55.1 Å². The standard InChI is InChI=1S/C10H13BF2N2O/c1-7(14)10(16)15-9(11(12)13)8-5-3-2-4-6-8/h2-7,9H,14H2,1H3,(H,15,16)/t7?,9-/m0/s1. The highest BCUT2D eigenvalue weighted by Crippen LogP contribution is 2.17. The minimum Gasteiger partial charge on any atom is -0.349 e. The van der Waals surface area contributed by atoms with E-state index in [0.29, 0.717) is 5.56 Å². The van der Waals surface area contributed by atoms with Crippen molar-refractivity contribution in [2.24, 2.45) is 5.73 Å². The van der Waals surface area contributed by atoms with Crippen LogP contribution in [0.15, 0.2) is 30.3 Å². The van der Waals surface area contributed by atoms with Crippen LogP contribution in [0.1, 0.15) is 18.4 Å². The van der Waals surface area contributed by atoms with Crippen LogP contribution >= 0.6 is 0 Å². The molecule has 1 rings (SSSR count). The van der Waals surface area contributed by atoms with E-state index in [1.807, 2.05) is 0 Å². The summed E-state index contributed by atoms with van der Waals surface area (Å²) in [5.74, 6) is -1.89. The quantitative estimate of drug-likeness (QED) is 0.756. The first kappa shape index (κ1) is 12.6. The van der Waals surface area contributed by atoms with E-state index in [0.717, 1.165) is 0 Å². The van der Waals surface area contributed by atoms with E-state index in [1.54, 1.807) is 18.2 Å². The van der Waals surface area contributed by atoms with Gasteiger partial charge in [-0.1, -0.05) is 30.3 Å². The van der Waals surface area contributed by atoms with Crippen LogP contribution in [0.2, 0.25) is 0 Å². The maximum Gasteiger partial charge on any atom is 0.564 e. The number of carbonyl (C=O) groups excluding carboxylic acids is 1. The van der Waals surface area contributed by atoms with Gasteiger partial charge in [0.05, 0.1) is 12.0 Å². The Labute approximate surface area is 93.2 Å². The Morgan fingerprint density at radius 2 is 1.94 bits per heavy atom. The molecule has 16 heavy (non-hydrogen) atoms. The fourth-order valence-corrected chi connectivity index (χ4v) is 1.24. The molecule has 1 unspecified atom stereocenters. The smallest absolute Gasteiger partial charge is 0.349 e. The Morgan fingerprint density at radius 1 is 1.38 bits per heavy atom. The Kier molecular flexibility index (Phi) is 4.43. The third-order valence-corrected chi connectivity index (χ3v) is 2.12. The van der Waals surface area contributed by atoms with Crippen molar-refractivity contribution < 1.29 is 13.4 Å². The second kappa shape index (κ2) is 5.60. The van der Waals surface area contributed by atoms with Crippen LogP contribution in [0.5, 0.6) is 0 Å². The first-order valence-corrected chi connectivity index (χ1v) is 4.91. The number of nitrogens with one attached hydrogen (secondary N) is 1.